The van der Waals surface area contributed by atoms with E-state index in [9.17, 15) is 9.59 Å². The third-order valence-corrected chi connectivity index (χ3v) is 4.12. The number of H-pyrrole nitrogens is 1. The van der Waals surface area contributed by atoms with Crippen LogP contribution >= 0.6 is 0 Å². The summed E-state index contributed by atoms with van der Waals surface area (Å²) in [4.78, 5) is 30.7. The number of imidazole rings is 1. The minimum absolute atomic E-state index is 0.0815. The van der Waals surface area contributed by atoms with E-state index in [1.807, 2.05) is 12.1 Å². The second-order valence-corrected chi connectivity index (χ2v) is 5.85. The molecule has 0 bridgehead atoms. The molecule has 0 saturated carbocycles. The maximum absolute atomic E-state index is 11.6. The van der Waals surface area contributed by atoms with Crippen LogP contribution in [0.25, 0.3) is 0 Å². The topological polar surface area (TPSA) is 81.3 Å². The minimum atomic E-state index is -0.352. The number of rotatable bonds is 8. The van der Waals surface area contributed by atoms with E-state index in [4.69, 9.17) is 4.74 Å². The molecule has 1 aromatic heterocycles. The van der Waals surface area contributed by atoms with Crippen molar-refractivity contribution in [3.05, 3.63) is 53.1 Å². The van der Waals surface area contributed by atoms with Crippen LogP contribution in [0.2, 0.25) is 0 Å². The average molecular weight is 344 g/mol. The molecule has 0 aliphatic carbocycles. The van der Waals surface area contributed by atoms with Crippen molar-refractivity contribution in [2.75, 3.05) is 14.2 Å². The molecule has 1 atom stereocenters. The standard InChI is InChI=1S/C19H24N2O4/c1-4-5-6-16(13-7-9-14(10-8-13)19(23)25-3)18-20-12-15(21-18)11-17(22)24-2/h7-10,12,16H,4-6,11H2,1-3H3,(H,20,21). The third kappa shape index (κ3) is 4.92. The highest BCUT2D eigenvalue weighted by molar-refractivity contribution is 5.89. The Kier molecular flexibility index (Phi) is 6.74. The fourth-order valence-electron chi connectivity index (χ4n) is 2.71. The molecule has 0 saturated heterocycles. The van der Waals surface area contributed by atoms with Gasteiger partial charge in [-0.05, 0) is 24.1 Å². The first-order valence-electron chi connectivity index (χ1n) is 8.37. The molecule has 6 nitrogen and oxygen atoms in total. The summed E-state index contributed by atoms with van der Waals surface area (Å²) in [6.45, 7) is 2.14. The lowest BCUT2D eigenvalue weighted by Gasteiger charge is -2.15. The maximum Gasteiger partial charge on any atom is 0.337 e. The first kappa shape index (κ1) is 18.7. The zero-order valence-electron chi connectivity index (χ0n) is 14.9. The van der Waals surface area contributed by atoms with Gasteiger partial charge in [-0.15, -0.1) is 0 Å². The molecule has 0 aliphatic rings. The molecule has 0 fully saturated rings. The number of aromatic amines is 1. The van der Waals surface area contributed by atoms with Crippen LogP contribution in [0.4, 0.5) is 0 Å². The summed E-state index contributed by atoms with van der Waals surface area (Å²) in [6.07, 6.45) is 4.90. The highest BCUT2D eigenvalue weighted by Gasteiger charge is 2.19. The van der Waals surface area contributed by atoms with Crippen molar-refractivity contribution < 1.29 is 19.1 Å². The summed E-state index contributed by atoms with van der Waals surface area (Å²) in [5.74, 6) is 0.244. The van der Waals surface area contributed by atoms with Crippen LogP contribution in [-0.2, 0) is 20.7 Å². The number of nitrogens with one attached hydrogen (secondary N) is 1. The van der Waals surface area contributed by atoms with Gasteiger partial charge in [-0.3, -0.25) is 4.79 Å². The molecular weight excluding hydrogens is 320 g/mol. The summed E-state index contributed by atoms with van der Waals surface area (Å²) in [5, 5.41) is 0. The van der Waals surface area contributed by atoms with Gasteiger partial charge in [-0.25, -0.2) is 9.78 Å². The number of esters is 2. The minimum Gasteiger partial charge on any atom is -0.469 e. The van der Waals surface area contributed by atoms with Gasteiger partial charge in [-0.1, -0.05) is 31.9 Å². The van der Waals surface area contributed by atoms with E-state index < -0.39 is 0 Å². The van der Waals surface area contributed by atoms with Crippen molar-refractivity contribution in [3.63, 3.8) is 0 Å². The van der Waals surface area contributed by atoms with E-state index in [-0.39, 0.29) is 24.3 Å². The van der Waals surface area contributed by atoms with Crippen LogP contribution < -0.4 is 0 Å². The average Bonchev–Trinajstić information content (AvgIpc) is 3.09. The van der Waals surface area contributed by atoms with Gasteiger partial charge >= 0.3 is 11.9 Å². The Balaban J connectivity index is 2.23. The number of benzene rings is 1. The highest BCUT2D eigenvalue weighted by atomic mass is 16.5. The van der Waals surface area contributed by atoms with Crippen LogP contribution in [0, 0.1) is 0 Å². The fraction of sp³-hybridized carbons (Fsp3) is 0.421. The molecule has 1 unspecified atom stereocenters. The number of methoxy groups -OCH3 is 2. The molecule has 0 radical (unpaired) electrons. The van der Waals surface area contributed by atoms with Gasteiger partial charge in [-0.2, -0.15) is 0 Å². The van der Waals surface area contributed by atoms with Crippen molar-refractivity contribution in [2.45, 2.75) is 38.5 Å². The number of nitrogens with zero attached hydrogens (tertiary/aromatic N) is 1. The monoisotopic (exact) mass is 344 g/mol. The van der Waals surface area contributed by atoms with Crippen LogP contribution in [0.1, 0.15) is 59.5 Å². The Morgan fingerprint density at radius 3 is 2.48 bits per heavy atom. The van der Waals surface area contributed by atoms with Crippen molar-refractivity contribution >= 4 is 11.9 Å². The SMILES string of the molecule is CCCCC(c1ccc(C(=O)OC)cc1)c1ncc(CC(=O)OC)[nH]1. The van der Waals surface area contributed by atoms with Gasteiger partial charge < -0.3 is 14.5 Å². The lowest BCUT2D eigenvalue weighted by atomic mass is 9.92. The van der Waals surface area contributed by atoms with Crippen LogP contribution in [0.15, 0.2) is 30.5 Å². The van der Waals surface area contributed by atoms with Crippen molar-refractivity contribution in [2.24, 2.45) is 0 Å². The van der Waals surface area contributed by atoms with E-state index >= 15 is 0 Å². The number of hydrogen-bond donors (Lipinski definition) is 1. The summed E-state index contributed by atoms with van der Waals surface area (Å²) in [5.41, 5.74) is 2.32. The maximum atomic E-state index is 11.6. The van der Waals surface area contributed by atoms with Gasteiger partial charge in [0.25, 0.3) is 0 Å². The van der Waals surface area contributed by atoms with E-state index in [1.165, 1.54) is 14.2 Å². The molecule has 25 heavy (non-hydrogen) atoms. The molecule has 1 heterocycles. The Labute approximate surface area is 147 Å². The summed E-state index contributed by atoms with van der Waals surface area (Å²) >= 11 is 0. The van der Waals surface area contributed by atoms with Gasteiger partial charge in [0.1, 0.15) is 5.82 Å². The summed E-state index contributed by atoms with van der Waals surface area (Å²) in [6, 6.07) is 7.38. The summed E-state index contributed by atoms with van der Waals surface area (Å²) in [7, 11) is 2.73. The Morgan fingerprint density at radius 2 is 1.88 bits per heavy atom. The number of carbonyl (C=O) groups excluding carboxylic acids is 2. The Morgan fingerprint density at radius 1 is 1.16 bits per heavy atom. The number of aromatic nitrogens is 2. The number of hydrogen-bond acceptors (Lipinski definition) is 5. The van der Waals surface area contributed by atoms with Gasteiger partial charge in [0.15, 0.2) is 0 Å². The molecule has 2 aromatic rings. The molecule has 134 valence electrons. The zero-order chi connectivity index (χ0) is 18.2. The summed E-state index contributed by atoms with van der Waals surface area (Å²) < 4.78 is 9.42. The Bertz CT molecular complexity index is 706. The molecule has 1 aromatic carbocycles. The largest absolute Gasteiger partial charge is 0.469 e. The zero-order valence-corrected chi connectivity index (χ0v) is 14.9. The molecule has 6 heteroatoms. The van der Waals surface area contributed by atoms with E-state index in [0.717, 1.165) is 36.3 Å². The first-order chi connectivity index (χ1) is 12.1. The lowest BCUT2D eigenvalue weighted by Crippen LogP contribution is -2.07. The fourth-order valence-corrected chi connectivity index (χ4v) is 2.71. The van der Waals surface area contributed by atoms with E-state index in [0.29, 0.717) is 5.56 Å². The van der Waals surface area contributed by atoms with Gasteiger partial charge in [0, 0.05) is 17.8 Å². The number of ether oxygens (including phenoxy) is 2. The van der Waals surface area contributed by atoms with Crippen molar-refractivity contribution in [1.82, 2.24) is 9.97 Å². The van der Waals surface area contributed by atoms with Crippen LogP contribution in [0.3, 0.4) is 0 Å². The molecule has 2 rings (SSSR count). The molecule has 0 amide bonds. The smallest absolute Gasteiger partial charge is 0.337 e. The molecule has 0 spiro atoms. The second kappa shape index (κ2) is 9.01. The predicted octanol–water partition coefficient (Wildman–Crippen LogP) is 3.23. The van der Waals surface area contributed by atoms with Crippen LogP contribution in [0.5, 0.6) is 0 Å². The molecule has 1 N–H and O–H groups in total. The van der Waals surface area contributed by atoms with Crippen molar-refractivity contribution in [1.29, 1.82) is 0 Å². The van der Waals surface area contributed by atoms with Crippen LogP contribution in [-0.4, -0.2) is 36.1 Å². The van der Waals surface area contributed by atoms with Crippen molar-refractivity contribution in [3.8, 4) is 0 Å². The number of unbranched alkanes of at least 4 members (excludes halogenated alkanes) is 1. The van der Waals surface area contributed by atoms with Gasteiger partial charge in [0.05, 0.1) is 26.2 Å². The van der Waals surface area contributed by atoms with Gasteiger partial charge in [0.2, 0.25) is 0 Å². The quantitative estimate of drug-likeness (QED) is 0.744. The third-order valence-electron chi connectivity index (χ3n) is 4.12. The van der Waals surface area contributed by atoms with E-state index in [2.05, 4.69) is 21.6 Å². The second-order valence-electron chi connectivity index (χ2n) is 5.85. The normalized spacial score (nSPS) is 11.8. The Hall–Kier alpha value is -2.63. The predicted molar refractivity (Wildman–Crippen MR) is 93.5 cm³/mol. The highest BCUT2D eigenvalue weighted by Crippen LogP contribution is 2.28. The first-order valence-corrected chi connectivity index (χ1v) is 8.37. The molecular formula is C19H24N2O4. The van der Waals surface area contributed by atoms with E-state index in [1.54, 1.807) is 18.3 Å². The number of carbonyl (C=O) groups is 2. The lowest BCUT2D eigenvalue weighted by molar-refractivity contribution is -0.139. The molecule has 0 aliphatic heterocycles.